The molecule has 1 aromatic heterocycles. The van der Waals surface area contributed by atoms with Gasteiger partial charge in [-0.1, -0.05) is 19.4 Å². The number of piperazine rings is 1. The number of unbranched alkanes of at least 4 members (excludes halogenated alkanes) is 1. The largest absolute Gasteiger partial charge is 0.449 e. The minimum Gasteiger partial charge on any atom is -0.449 e. The maximum atomic E-state index is 12.2. The lowest BCUT2D eigenvalue weighted by Gasteiger charge is -2.43. The minimum atomic E-state index is -0.297. The zero-order chi connectivity index (χ0) is 24.8. The summed E-state index contributed by atoms with van der Waals surface area (Å²) in [6.45, 7) is 10.3. The van der Waals surface area contributed by atoms with E-state index in [9.17, 15) is 14.4 Å². The smallest absolute Gasteiger partial charge is 0.409 e. The molecule has 3 amide bonds. The quantitative estimate of drug-likeness (QED) is 0.469. The van der Waals surface area contributed by atoms with Crippen molar-refractivity contribution in [2.24, 2.45) is 5.92 Å². The number of imide groups is 1. The maximum Gasteiger partial charge on any atom is 0.409 e. The number of ether oxygens (including phenoxy) is 1. The third-order valence-electron chi connectivity index (χ3n) is 7.59. The van der Waals surface area contributed by atoms with Gasteiger partial charge in [0, 0.05) is 57.9 Å². The highest BCUT2D eigenvalue weighted by Crippen LogP contribution is 2.27. The van der Waals surface area contributed by atoms with Gasteiger partial charge in [0.05, 0.1) is 12.5 Å². The average molecular weight is 486 g/mol. The predicted molar refractivity (Wildman–Crippen MR) is 133 cm³/mol. The van der Waals surface area contributed by atoms with Crippen molar-refractivity contribution in [3.63, 3.8) is 0 Å². The van der Waals surface area contributed by atoms with Gasteiger partial charge in [-0.2, -0.15) is 0 Å². The van der Waals surface area contributed by atoms with E-state index in [-0.39, 0.29) is 23.8 Å². The molecule has 3 saturated heterocycles. The number of amides is 3. The van der Waals surface area contributed by atoms with Crippen LogP contribution in [0.15, 0.2) is 18.3 Å². The number of nitrogens with zero attached hydrogens (tertiary/aromatic N) is 4. The Bertz CT molecular complexity index is 884. The van der Waals surface area contributed by atoms with Gasteiger partial charge in [-0.25, -0.2) is 9.78 Å². The second-order valence-corrected chi connectivity index (χ2v) is 10.1. The number of piperidine rings is 2. The van der Waals surface area contributed by atoms with Crippen LogP contribution in [0.25, 0.3) is 0 Å². The molecule has 4 rings (SSSR count). The molecule has 3 fully saturated rings. The highest BCUT2D eigenvalue weighted by molar-refractivity contribution is 6.00. The molecular weight excluding hydrogens is 446 g/mol. The van der Waals surface area contributed by atoms with Crippen LogP contribution in [0.2, 0.25) is 0 Å². The molecule has 35 heavy (non-hydrogen) atoms. The SMILES string of the molecule is CCCCOC(=O)N1CCC(CN2CCN(c3ccc(C4CCC(=O)NC4=O)cn3)C[C@@H]2C)CC1. The van der Waals surface area contributed by atoms with Crippen molar-refractivity contribution in [2.45, 2.75) is 64.3 Å². The molecule has 9 heteroatoms. The van der Waals surface area contributed by atoms with Crippen LogP contribution >= 0.6 is 0 Å². The molecule has 0 aliphatic carbocycles. The Labute approximate surface area is 208 Å². The van der Waals surface area contributed by atoms with E-state index >= 15 is 0 Å². The molecule has 0 saturated carbocycles. The first-order valence-electron chi connectivity index (χ1n) is 13.1. The summed E-state index contributed by atoms with van der Waals surface area (Å²) < 4.78 is 5.36. The van der Waals surface area contributed by atoms with Crippen LogP contribution in [0.5, 0.6) is 0 Å². The van der Waals surface area contributed by atoms with E-state index in [1.807, 2.05) is 17.0 Å². The molecule has 0 bridgehead atoms. The van der Waals surface area contributed by atoms with Crippen LogP contribution in [0.3, 0.4) is 0 Å². The second-order valence-electron chi connectivity index (χ2n) is 10.1. The van der Waals surface area contributed by atoms with Crippen molar-refractivity contribution in [3.05, 3.63) is 23.9 Å². The summed E-state index contributed by atoms with van der Waals surface area (Å²) in [5.74, 6) is 0.821. The van der Waals surface area contributed by atoms with Crippen LogP contribution in [0, 0.1) is 5.92 Å². The van der Waals surface area contributed by atoms with Gasteiger partial charge in [-0.3, -0.25) is 19.8 Å². The number of rotatable bonds is 7. The monoisotopic (exact) mass is 485 g/mol. The number of pyridine rings is 1. The first kappa shape index (κ1) is 25.4. The molecule has 4 heterocycles. The van der Waals surface area contributed by atoms with Crippen LogP contribution in [0.4, 0.5) is 10.6 Å². The maximum absolute atomic E-state index is 12.2. The van der Waals surface area contributed by atoms with Crippen molar-refractivity contribution in [2.75, 3.05) is 50.8 Å². The van der Waals surface area contributed by atoms with Crippen molar-refractivity contribution < 1.29 is 19.1 Å². The highest BCUT2D eigenvalue weighted by Gasteiger charge is 2.31. The van der Waals surface area contributed by atoms with E-state index in [2.05, 4.69) is 33.9 Å². The zero-order valence-electron chi connectivity index (χ0n) is 21.1. The number of carbonyl (C=O) groups is 3. The molecule has 1 N–H and O–H groups in total. The fourth-order valence-electron chi connectivity index (χ4n) is 5.30. The Balaban J connectivity index is 1.22. The normalized spacial score (nSPS) is 24.4. The van der Waals surface area contributed by atoms with Gasteiger partial charge in [0.1, 0.15) is 5.82 Å². The molecule has 0 aromatic carbocycles. The van der Waals surface area contributed by atoms with Gasteiger partial charge < -0.3 is 14.5 Å². The average Bonchev–Trinajstić information content (AvgIpc) is 2.86. The first-order valence-corrected chi connectivity index (χ1v) is 13.1. The highest BCUT2D eigenvalue weighted by atomic mass is 16.6. The molecule has 9 nitrogen and oxygen atoms in total. The number of hydrogen-bond acceptors (Lipinski definition) is 7. The summed E-state index contributed by atoms with van der Waals surface area (Å²) in [6, 6.07) is 4.38. The lowest BCUT2D eigenvalue weighted by Crippen LogP contribution is -2.54. The predicted octanol–water partition coefficient (Wildman–Crippen LogP) is 2.76. The fraction of sp³-hybridized carbons (Fsp3) is 0.692. The molecule has 0 spiro atoms. The Morgan fingerprint density at radius 3 is 2.60 bits per heavy atom. The van der Waals surface area contributed by atoms with Crippen LogP contribution in [0.1, 0.15) is 63.9 Å². The Morgan fingerprint density at radius 2 is 1.94 bits per heavy atom. The van der Waals surface area contributed by atoms with E-state index < -0.39 is 0 Å². The summed E-state index contributed by atoms with van der Waals surface area (Å²) in [4.78, 5) is 47.1. The standard InChI is InChI=1S/C26H39N5O4/c1-3-4-15-35-26(34)29-11-9-20(10-12-29)18-30-13-14-31(17-19(30)2)23-7-5-21(16-27-23)22-6-8-24(32)28-25(22)33/h5,7,16,19-20,22H,3-4,6,8-15,17-18H2,1-2H3,(H,28,32,33)/t19-,22?/m0/s1. The fourth-order valence-corrected chi connectivity index (χ4v) is 5.30. The molecule has 3 aliphatic heterocycles. The van der Waals surface area contributed by atoms with Gasteiger partial charge >= 0.3 is 6.09 Å². The molecule has 0 radical (unpaired) electrons. The van der Waals surface area contributed by atoms with Crippen LogP contribution in [-0.4, -0.2) is 84.6 Å². The summed E-state index contributed by atoms with van der Waals surface area (Å²) in [7, 11) is 0. The van der Waals surface area contributed by atoms with Crippen LogP contribution < -0.4 is 10.2 Å². The topological polar surface area (TPSA) is 95.1 Å². The van der Waals surface area contributed by atoms with Crippen LogP contribution in [-0.2, 0) is 14.3 Å². The summed E-state index contributed by atoms with van der Waals surface area (Å²) in [5, 5.41) is 2.42. The van der Waals surface area contributed by atoms with Gasteiger partial charge in [0.15, 0.2) is 0 Å². The van der Waals surface area contributed by atoms with E-state index in [0.717, 1.165) is 76.3 Å². The van der Waals surface area contributed by atoms with E-state index in [1.165, 1.54) is 0 Å². The minimum absolute atomic E-state index is 0.157. The van der Waals surface area contributed by atoms with Gasteiger partial charge in [0.2, 0.25) is 11.8 Å². The number of nitrogens with one attached hydrogen (secondary N) is 1. The Morgan fingerprint density at radius 1 is 1.14 bits per heavy atom. The number of carbonyl (C=O) groups excluding carboxylic acids is 3. The van der Waals surface area contributed by atoms with Crippen molar-refractivity contribution in [3.8, 4) is 0 Å². The van der Waals surface area contributed by atoms with Gasteiger partial charge in [0.25, 0.3) is 0 Å². The lowest BCUT2D eigenvalue weighted by atomic mass is 9.92. The number of anilines is 1. The number of likely N-dealkylation sites (tertiary alicyclic amines) is 1. The zero-order valence-corrected chi connectivity index (χ0v) is 21.1. The second kappa shape index (κ2) is 11.8. The molecular formula is C26H39N5O4. The lowest BCUT2D eigenvalue weighted by molar-refractivity contribution is -0.134. The summed E-state index contributed by atoms with van der Waals surface area (Å²) in [5.41, 5.74) is 0.867. The first-order chi connectivity index (χ1) is 16.9. The van der Waals surface area contributed by atoms with Crippen molar-refractivity contribution >= 4 is 23.7 Å². The third kappa shape index (κ3) is 6.51. The molecule has 2 atom stereocenters. The molecule has 192 valence electrons. The molecule has 3 aliphatic rings. The van der Waals surface area contributed by atoms with Crippen molar-refractivity contribution in [1.29, 1.82) is 0 Å². The molecule has 1 unspecified atom stereocenters. The third-order valence-corrected chi connectivity index (χ3v) is 7.59. The Kier molecular flexibility index (Phi) is 8.59. The number of hydrogen-bond donors (Lipinski definition) is 1. The molecule has 1 aromatic rings. The summed E-state index contributed by atoms with van der Waals surface area (Å²) >= 11 is 0. The van der Waals surface area contributed by atoms with Crippen molar-refractivity contribution in [1.82, 2.24) is 20.1 Å². The van der Waals surface area contributed by atoms with E-state index in [4.69, 9.17) is 4.74 Å². The van der Waals surface area contributed by atoms with Gasteiger partial charge in [-0.15, -0.1) is 0 Å². The Hall–Kier alpha value is -2.68. The van der Waals surface area contributed by atoms with E-state index in [0.29, 0.717) is 31.4 Å². The summed E-state index contributed by atoms with van der Waals surface area (Å²) in [6.07, 6.45) is 6.55. The number of aromatic nitrogens is 1. The van der Waals surface area contributed by atoms with Gasteiger partial charge in [-0.05, 0) is 50.2 Å². The van der Waals surface area contributed by atoms with E-state index in [1.54, 1.807) is 6.20 Å².